The van der Waals surface area contributed by atoms with E-state index in [1.807, 2.05) is 0 Å². The van der Waals surface area contributed by atoms with Crippen molar-refractivity contribution < 1.29 is 14.3 Å². The molecule has 5 aliphatic rings. The maximum absolute atomic E-state index is 12.3. The first kappa shape index (κ1) is 21.2. The second kappa shape index (κ2) is 8.25. The summed E-state index contributed by atoms with van der Waals surface area (Å²) in [4.78, 5) is 12.3. The number of hydrogen-bond acceptors (Lipinski definition) is 3. The molecule has 3 nitrogen and oxygen atoms in total. The van der Waals surface area contributed by atoms with E-state index in [0.29, 0.717) is 34.0 Å². The summed E-state index contributed by atoms with van der Waals surface area (Å²) in [5.41, 5.74) is 0.460. The minimum atomic E-state index is -0.156. The quantitative estimate of drug-likeness (QED) is 0.391. The summed E-state index contributed by atoms with van der Waals surface area (Å²) in [5.74, 6) is 3.62. The van der Waals surface area contributed by atoms with Crippen molar-refractivity contribution >= 4 is 22.5 Å². The summed E-state index contributed by atoms with van der Waals surface area (Å²) < 4.78 is 12.3. The minimum absolute atomic E-state index is 0.135. The van der Waals surface area contributed by atoms with Gasteiger partial charge in [0.25, 0.3) is 0 Å². The van der Waals surface area contributed by atoms with E-state index < -0.39 is 0 Å². The molecule has 4 heteroatoms. The fourth-order valence-electron chi connectivity index (χ4n) is 7.65. The molecule has 3 radical (unpaired) electrons. The van der Waals surface area contributed by atoms with Gasteiger partial charge in [-0.05, 0) is 0 Å². The molecule has 28 heavy (non-hydrogen) atoms. The normalized spacial score (nSPS) is 44.8. The van der Waals surface area contributed by atoms with Crippen LogP contribution in [0.4, 0.5) is 0 Å². The molecule has 7 atom stereocenters. The summed E-state index contributed by atoms with van der Waals surface area (Å²) in [7, 11) is 0. The van der Waals surface area contributed by atoms with Crippen LogP contribution < -0.4 is 0 Å². The van der Waals surface area contributed by atoms with Crippen molar-refractivity contribution in [3.8, 4) is 0 Å². The van der Waals surface area contributed by atoms with Crippen molar-refractivity contribution in [2.75, 3.05) is 13.2 Å². The monoisotopic (exact) mass is 449 g/mol. The van der Waals surface area contributed by atoms with Gasteiger partial charge in [-0.1, -0.05) is 27.2 Å². The Morgan fingerprint density at radius 1 is 1.11 bits per heavy atom. The van der Waals surface area contributed by atoms with Crippen molar-refractivity contribution in [2.45, 2.75) is 95.3 Å². The zero-order chi connectivity index (χ0) is 19.9. The molecular weight excluding hydrogens is 409 g/mol. The van der Waals surface area contributed by atoms with Crippen LogP contribution in [0.1, 0.15) is 85.0 Å². The molecule has 157 valence electrons. The van der Waals surface area contributed by atoms with Crippen LogP contribution in [0.2, 0.25) is 4.25 Å². The van der Waals surface area contributed by atoms with Crippen LogP contribution in [0.15, 0.2) is 0 Å². The van der Waals surface area contributed by atoms with Gasteiger partial charge in [0.05, 0.1) is 0 Å². The molecule has 0 amide bonds. The average molecular weight is 448 g/mol. The number of carbonyl (C=O) groups excluding carboxylic acids is 1. The van der Waals surface area contributed by atoms with E-state index in [9.17, 15) is 4.79 Å². The first-order valence-corrected chi connectivity index (χ1v) is 12.8. The Hall–Kier alpha value is -0.0271. The van der Waals surface area contributed by atoms with Gasteiger partial charge >= 0.3 is 153 Å². The van der Waals surface area contributed by atoms with Gasteiger partial charge in [0, 0.05) is 0 Å². The van der Waals surface area contributed by atoms with Crippen molar-refractivity contribution in [1.29, 1.82) is 0 Å². The number of esters is 1. The molecule has 0 aliphatic heterocycles. The molecule has 5 rings (SSSR count). The number of carbonyl (C=O) groups is 1. The van der Waals surface area contributed by atoms with Crippen molar-refractivity contribution in [2.24, 2.45) is 35.0 Å². The van der Waals surface area contributed by atoms with Gasteiger partial charge in [-0.15, -0.1) is 0 Å². The summed E-state index contributed by atoms with van der Waals surface area (Å²) in [6.45, 7) is 7.59. The van der Waals surface area contributed by atoms with Gasteiger partial charge in [0.1, 0.15) is 0 Å². The van der Waals surface area contributed by atoms with Gasteiger partial charge < -0.3 is 0 Å². The van der Waals surface area contributed by atoms with Crippen LogP contribution in [-0.4, -0.2) is 41.8 Å². The molecule has 0 aromatic carbocycles. The number of ether oxygens (including phenoxy) is 2. The van der Waals surface area contributed by atoms with Crippen LogP contribution in [0.3, 0.4) is 0 Å². The Morgan fingerprint density at radius 2 is 1.82 bits per heavy atom. The number of rotatable bonds is 7. The second-order valence-electron chi connectivity index (χ2n) is 11.4. The van der Waals surface area contributed by atoms with Crippen LogP contribution in [0.25, 0.3) is 0 Å². The first-order chi connectivity index (χ1) is 13.3. The SMILES string of the molecule is CC1CCC(C(C)C)C(OCC(=O)OCCC23C[C@@H]4C[C@@H](C[C]([Ge])(C4)C2)C3)C1. The standard InChI is InChI=1S/C24H39GeO3/c1-16(2)20-5-4-17(3)8-21(20)28-14-22(26)27-7-6-23-10-18-9-19(11-23)13-24(25,12-18)15-23/h16-21H,4-15H2,1-3H3/t17?,18-,19+,20?,21?,23?,24?. The molecule has 5 saturated carbocycles. The molecule has 5 unspecified atom stereocenters. The van der Waals surface area contributed by atoms with Crippen molar-refractivity contribution in [3.63, 3.8) is 0 Å². The molecule has 0 aromatic heterocycles. The van der Waals surface area contributed by atoms with E-state index >= 15 is 0 Å². The molecule has 4 bridgehead atoms. The molecular formula is C24H39GeO3. The fourth-order valence-corrected chi connectivity index (χ4v) is 9.65. The van der Waals surface area contributed by atoms with Crippen LogP contribution in [-0.2, 0) is 14.3 Å². The summed E-state index contributed by atoms with van der Waals surface area (Å²) in [5, 5.41) is 0. The molecule has 5 aliphatic carbocycles. The molecule has 0 saturated heterocycles. The Labute approximate surface area is 180 Å². The maximum atomic E-state index is 12.3. The van der Waals surface area contributed by atoms with E-state index in [1.165, 1.54) is 51.4 Å². The van der Waals surface area contributed by atoms with E-state index in [4.69, 9.17) is 9.47 Å². The first-order valence-electron chi connectivity index (χ1n) is 11.8. The van der Waals surface area contributed by atoms with Gasteiger partial charge in [0.2, 0.25) is 0 Å². The van der Waals surface area contributed by atoms with Crippen LogP contribution in [0, 0.1) is 35.0 Å². The second-order valence-corrected chi connectivity index (χ2v) is 13.6. The Balaban J connectivity index is 1.22. The van der Waals surface area contributed by atoms with Gasteiger partial charge in [-0.2, -0.15) is 0 Å². The summed E-state index contributed by atoms with van der Waals surface area (Å²) in [6.07, 6.45) is 13.3. The zero-order valence-corrected chi connectivity index (χ0v) is 20.3. The molecule has 0 N–H and O–H groups in total. The van der Waals surface area contributed by atoms with Crippen LogP contribution in [0.5, 0.6) is 0 Å². The Morgan fingerprint density at radius 3 is 2.46 bits per heavy atom. The van der Waals surface area contributed by atoms with Gasteiger partial charge in [0.15, 0.2) is 0 Å². The molecule has 0 aromatic rings. The molecule has 0 spiro atoms. The Kier molecular flexibility index (Phi) is 6.25. The van der Waals surface area contributed by atoms with E-state index in [-0.39, 0.29) is 18.7 Å². The Bertz CT molecular complexity index is 560. The molecule has 0 heterocycles. The number of hydrogen-bond donors (Lipinski definition) is 0. The third-order valence-corrected chi connectivity index (χ3v) is 9.68. The third-order valence-electron chi connectivity index (χ3n) is 8.45. The van der Waals surface area contributed by atoms with Crippen molar-refractivity contribution in [3.05, 3.63) is 0 Å². The topological polar surface area (TPSA) is 35.5 Å². The van der Waals surface area contributed by atoms with E-state index in [2.05, 4.69) is 37.3 Å². The third kappa shape index (κ3) is 4.66. The summed E-state index contributed by atoms with van der Waals surface area (Å²) in [6, 6.07) is 0. The van der Waals surface area contributed by atoms with Gasteiger partial charge in [-0.25, -0.2) is 0 Å². The molecule has 5 fully saturated rings. The van der Waals surface area contributed by atoms with Crippen molar-refractivity contribution in [1.82, 2.24) is 0 Å². The van der Waals surface area contributed by atoms with E-state index in [0.717, 1.165) is 24.7 Å². The van der Waals surface area contributed by atoms with Crippen LogP contribution >= 0.6 is 0 Å². The predicted octanol–water partition coefficient (Wildman–Crippen LogP) is 5.32. The van der Waals surface area contributed by atoms with Gasteiger partial charge in [-0.3, -0.25) is 0 Å². The zero-order valence-electron chi connectivity index (χ0n) is 18.2. The fraction of sp³-hybridized carbons (Fsp3) is 0.958. The average Bonchev–Trinajstić information content (AvgIpc) is 2.57. The van der Waals surface area contributed by atoms with E-state index in [1.54, 1.807) is 0 Å². The predicted molar refractivity (Wildman–Crippen MR) is 112 cm³/mol. The summed E-state index contributed by atoms with van der Waals surface area (Å²) >= 11 is 2.51.